The average molecular weight is 439 g/mol. The van der Waals surface area contributed by atoms with E-state index in [-0.39, 0.29) is 29.5 Å². The number of benzene rings is 1. The maximum atomic E-state index is 4.54. The number of guanidine groups is 1. The van der Waals surface area contributed by atoms with E-state index in [1.807, 2.05) is 7.05 Å². The molecule has 0 aromatic heterocycles. The Labute approximate surface area is 163 Å². The minimum Gasteiger partial charge on any atom is -0.356 e. The van der Waals surface area contributed by atoms with Gasteiger partial charge in [0.05, 0.1) is 0 Å². The number of likely N-dealkylation sites (tertiary alicyclic amines) is 1. The van der Waals surface area contributed by atoms with Gasteiger partial charge in [0.25, 0.3) is 0 Å². The second-order valence-electron chi connectivity index (χ2n) is 8.71. The molecule has 0 amide bonds. The van der Waals surface area contributed by atoms with Gasteiger partial charge in [-0.25, -0.2) is 0 Å². The van der Waals surface area contributed by atoms with Gasteiger partial charge in [-0.15, -0.1) is 24.0 Å². The number of nitrogens with zero attached hydrogens (tertiary/aromatic N) is 2. The highest BCUT2D eigenvalue weighted by atomic mass is 127. The summed E-state index contributed by atoms with van der Waals surface area (Å²) >= 11 is 0. The number of rotatable bonds is 2. The maximum Gasteiger partial charge on any atom is 0.194 e. The smallest absolute Gasteiger partial charge is 0.194 e. The molecule has 1 heterocycles. The van der Waals surface area contributed by atoms with Crippen LogP contribution in [0.1, 0.15) is 44.7 Å². The van der Waals surface area contributed by atoms with Crippen molar-refractivity contribution in [1.82, 2.24) is 10.2 Å². The predicted molar refractivity (Wildman–Crippen MR) is 111 cm³/mol. The normalized spacial score (nSPS) is 31.5. The molecule has 24 heavy (non-hydrogen) atoms. The van der Waals surface area contributed by atoms with Crippen LogP contribution in [0.25, 0.3) is 0 Å². The fraction of sp³-hybridized carbons (Fsp3) is 0.650. The van der Waals surface area contributed by atoms with Crippen molar-refractivity contribution in [3.05, 3.63) is 35.4 Å². The van der Waals surface area contributed by atoms with E-state index < -0.39 is 0 Å². The van der Waals surface area contributed by atoms with E-state index in [1.54, 1.807) is 11.1 Å². The van der Waals surface area contributed by atoms with Crippen LogP contribution in [-0.2, 0) is 6.42 Å². The Kier molecular flexibility index (Phi) is 4.42. The molecule has 3 nitrogen and oxygen atoms in total. The summed E-state index contributed by atoms with van der Waals surface area (Å²) in [6.45, 7) is 11.5. The van der Waals surface area contributed by atoms with E-state index in [9.17, 15) is 0 Å². The third-order valence-electron chi connectivity index (χ3n) is 7.05. The molecule has 3 unspecified atom stereocenters. The molecule has 4 rings (SSSR count). The molecule has 0 radical (unpaired) electrons. The fourth-order valence-corrected chi connectivity index (χ4v) is 4.67. The van der Waals surface area contributed by atoms with Crippen molar-refractivity contribution in [3.63, 3.8) is 0 Å². The van der Waals surface area contributed by atoms with Gasteiger partial charge in [-0.3, -0.25) is 4.99 Å². The van der Waals surface area contributed by atoms with E-state index in [2.05, 4.69) is 67.2 Å². The second kappa shape index (κ2) is 5.89. The lowest BCUT2D eigenvalue weighted by Gasteiger charge is -2.62. The summed E-state index contributed by atoms with van der Waals surface area (Å²) in [7, 11) is 1.91. The Hall–Kier alpha value is -0.780. The number of hydrogen-bond donors (Lipinski definition) is 1. The van der Waals surface area contributed by atoms with E-state index in [0.717, 1.165) is 36.8 Å². The van der Waals surface area contributed by atoms with Crippen LogP contribution in [0.15, 0.2) is 29.3 Å². The average Bonchev–Trinajstić information content (AvgIpc) is 3.05. The molecule has 1 aromatic rings. The van der Waals surface area contributed by atoms with Crippen LogP contribution in [0.4, 0.5) is 0 Å². The van der Waals surface area contributed by atoms with Gasteiger partial charge in [-0.05, 0) is 49.1 Å². The Morgan fingerprint density at radius 3 is 2.58 bits per heavy atom. The van der Waals surface area contributed by atoms with Crippen LogP contribution in [0.5, 0.6) is 0 Å². The molecular formula is C20H30IN3. The van der Waals surface area contributed by atoms with E-state index >= 15 is 0 Å². The predicted octanol–water partition coefficient (Wildman–Crippen LogP) is 3.89. The first-order chi connectivity index (χ1) is 10.9. The fourth-order valence-electron chi connectivity index (χ4n) is 4.67. The molecule has 4 heteroatoms. The first-order valence-electron chi connectivity index (χ1n) is 8.93. The highest BCUT2D eigenvalue weighted by Crippen LogP contribution is 2.61. The third kappa shape index (κ3) is 2.47. The minimum atomic E-state index is 0. The molecule has 1 N–H and O–H groups in total. The van der Waals surface area contributed by atoms with Crippen molar-refractivity contribution in [2.45, 2.75) is 45.6 Å². The summed E-state index contributed by atoms with van der Waals surface area (Å²) in [5.74, 6) is 3.52. The van der Waals surface area contributed by atoms with Gasteiger partial charge in [-0.2, -0.15) is 0 Å². The minimum absolute atomic E-state index is 0. The van der Waals surface area contributed by atoms with Gasteiger partial charge < -0.3 is 10.2 Å². The zero-order valence-electron chi connectivity index (χ0n) is 15.5. The van der Waals surface area contributed by atoms with Crippen LogP contribution >= 0.6 is 24.0 Å². The topological polar surface area (TPSA) is 27.6 Å². The highest BCUT2D eigenvalue weighted by Gasteiger charge is 2.56. The molecule has 1 saturated carbocycles. The monoisotopic (exact) mass is 439 g/mol. The van der Waals surface area contributed by atoms with Crippen molar-refractivity contribution in [1.29, 1.82) is 0 Å². The second-order valence-corrected chi connectivity index (χ2v) is 8.71. The summed E-state index contributed by atoms with van der Waals surface area (Å²) in [4.78, 5) is 6.97. The molecule has 1 saturated heterocycles. The molecule has 2 aliphatic carbocycles. The highest BCUT2D eigenvalue weighted by molar-refractivity contribution is 14.0. The van der Waals surface area contributed by atoms with Gasteiger partial charge in [0.15, 0.2) is 5.96 Å². The van der Waals surface area contributed by atoms with E-state index in [1.165, 1.54) is 6.42 Å². The van der Waals surface area contributed by atoms with Crippen LogP contribution in [0.3, 0.4) is 0 Å². The lowest BCUT2D eigenvalue weighted by molar-refractivity contribution is -0.0667. The van der Waals surface area contributed by atoms with E-state index in [0.29, 0.717) is 5.41 Å². The lowest BCUT2D eigenvalue weighted by atomic mass is 9.65. The number of aliphatic imine (C=N–C) groups is 1. The van der Waals surface area contributed by atoms with Crippen molar-refractivity contribution in [2.24, 2.45) is 22.2 Å². The SMILES string of the molecule is CN=C(NCC1C2Cc3ccccc3C12)N1CC(C)(C)C1(C)C.I. The largest absolute Gasteiger partial charge is 0.356 e. The Morgan fingerprint density at radius 2 is 1.96 bits per heavy atom. The third-order valence-corrected chi connectivity index (χ3v) is 7.05. The summed E-state index contributed by atoms with van der Waals surface area (Å²) in [6.07, 6.45) is 1.27. The first-order valence-corrected chi connectivity index (χ1v) is 8.93. The number of nitrogens with one attached hydrogen (secondary N) is 1. The standard InChI is InChI=1S/C20H29N3.HI/c1-19(2)12-23(20(19,3)4)18(21-5)22-11-16-15-10-13-8-6-7-9-14(13)17(15)16;/h6-9,15-17H,10-12H2,1-5H3,(H,21,22);1H. The van der Waals surface area contributed by atoms with E-state index in [4.69, 9.17) is 0 Å². The number of hydrogen-bond acceptors (Lipinski definition) is 1. The molecule has 0 bridgehead atoms. The number of halogens is 1. The quantitative estimate of drug-likeness (QED) is 0.430. The zero-order chi connectivity index (χ0) is 16.4. The Balaban J connectivity index is 0.00000169. The van der Waals surface area contributed by atoms with Gasteiger partial charge >= 0.3 is 0 Å². The Morgan fingerprint density at radius 1 is 1.25 bits per heavy atom. The van der Waals surface area contributed by atoms with Gasteiger partial charge in [0, 0.05) is 31.1 Å². The molecule has 3 atom stereocenters. The summed E-state index contributed by atoms with van der Waals surface area (Å²) < 4.78 is 0. The summed E-state index contributed by atoms with van der Waals surface area (Å²) in [6, 6.07) is 8.99. The van der Waals surface area contributed by atoms with Gasteiger partial charge in [0.2, 0.25) is 0 Å². The molecule has 1 aliphatic heterocycles. The molecule has 132 valence electrons. The van der Waals surface area contributed by atoms with Crippen LogP contribution in [0.2, 0.25) is 0 Å². The summed E-state index contributed by atoms with van der Waals surface area (Å²) in [5.41, 5.74) is 3.69. The summed E-state index contributed by atoms with van der Waals surface area (Å²) in [5, 5.41) is 3.66. The molecular weight excluding hydrogens is 409 g/mol. The molecule has 0 spiro atoms. The van der Waals surface area contributed by atoms with Crippen molar-refractivity contribution in [2.75, 3.05) is 20.1 Å². The van der Waals surface area contributed by atoms with Crippen molar-refractivity contribution >= 4 is 29.9 Å². The van der Waals surface area contributed by atoms with Crippen molar-refractivity contribution < 1.29 is 0 Å². The van der Waals surface area contributed by atoms with Crippen molar-refractivity contribution in [3.8, 4) is 0 Å². The lowest BCUT2D eigenvalue weighted by Crippen LogP contribution is -2.72. The Bertz CT molecular complexity index is 665. The number of fused-ring (bicyclic) bond motifs is 3. The van der Waals surface area contributed by atoms with Crippen LogP contribution in [-0.4, -0.2) is 36.5 Å². The van der Waals surface area contributed by atoms with Crippen LogP contribution in [0, 0.1) is 17.3 Å². The molecule has 1 aromatic carbocycles. The molecule has 3 aliphatic rings. The van der Waals surface area contributed by atoms with Gasteiger partial charge in [0.1, 0.15) is 0 Å². The first kappa shape index (κ1) is 18.0. The van der Waals surface area contributed by atoms with Gasteiger partial charge in [-0.1, -0.05) is 38.1 Å². The maximum absolute atomic E-state index is 4.54. The molecule has 2 fully saturated rings. The van der Waals surface area contributed by atoms with Crippen LogP contribution < -0.4 is 5.32 Å². The zero-order valence-corrected chi connectivity index (χ0v) is 17.8.